The van der Waals surface area contributed by atoms with Crippen LogP contribution >= 0.6 is 0 Å². The third-order valence-corrected chi connectivity index (χ3v) is 5.45. The molecule has 1 N–H and O–H groups in total. The number of aromatic amines is 1. The largest absolute Gasteiger partial charge is 0.376 e. The second kappa shape index (κ2) is 8.15. The predicted octanol–water partition coefficient (Wildman–Crippen LogP) is 4.54. The van der Waals surface area contributed by atoms with Crippen LogP contribution in [0.15, 0.2) is 48.5 Å². The number of rotatable bonds is 6. The Morgan fingerprint density at radius 1 is 1.25 bits per heavy atom. The van der Waals surface area contributed by atoms with Gasteiger partial charge in [-0.1, -0.05) is 30.3 Å². The van der Waals surface area contributed by atoms with Gasteiger partial charge in [-0.15, -0.1) is 0 Å². The highest BCUT2D eigenvalue weighted by Crippen LogP contribution is 2.32. The Bertz CT molecular complexity index is 961. The highest BCUT2D eigenvalue weighted by molar-refractivity contribution is 5.91. The highest BCUT2D eigenvalue weighted by atomic mass is 19.1. The van der Waals surface area contributed by atoms with Crippen LogP contribution in [0.4, 0.5) is 4.39 Å². The molecule has 0 saturated carbocycles. The van der Waals surface area contributed by atoms with E-state index in [1.807, 2.05) is 37.4 Å². The molecule has 146 valence electrons. The minimum absolute atomic E-state index is 0.0836. The molecule has 0 bridgehead atoms. The Kier molecular flexibility index (Phi) is 5.44. The third kappa shape index (κ3) is 3.94. The van der Waals surface area contributed by atoms with Gasteiger partial charge in [-0.05, 0) is 48.6 Å². The molecule has 2 heterocycles. The normalized spacial score (nSPS) is 16.6. The van der Waals surface area contributed by atoms with E-state index in [-0.39, 0.29) is 17.8 Å². The van der Waals surface area contributed by atoms with Gasteiger partial charge in [0, 0.05) is 43.2 Å². The van der Waals surface area contributed by atoms with Crippen molar-refractivity contribution in [3.8, 4) is 11.3 Å². The second-order valence-electron chi connectivity index (χ2n) is 7.44. The minimum Gasteiger partial charge on any atom is -0.376 e. The monoisotopic (exact) mass is 380 g/mol. The molecule has 3 aromatic rings. The first-order chi connectivity index (χ1) is 13.6. The molecule has 1 aliphatic heterocycles. The first kappa shape index (κ1) is 18.7. The Hall–Kier alpha value is -2.66. The summed E-state index contributed by atoms with van der Waals surface area (Å²) in [5.41, 5.74) is 3.86. The van der Waals surface area contributed by atoms with E-state index < -0.39 is 0 Å². The van der Waals surface area contributed by atoms with Gasteiger partial charge >= 0.3 is 0 Å². The van der Waals surface area contributed by atoms with Gasteiger partial charge in [0.1, 0.15) is 5.82 Å². The van der Waals surface area contributed by atoms with Gasteiger partial charge in [0.15, 0.2) is 0 Å². The Morgan fingerprint density at radius 3 is 2.82 bits per heavy atom. The van der Waals surface area contributed by atoms with Crippen molar-refractivity contribution in [3.05, 3.63) is 59.9 Å². The fourth-order valence-corrected chi connectivity index (χ4v) is 3.95. The standard InChI is InChI=1S/C23H25FN2O2/c1-26(15-18-8-5-13-28-18)22(27)12-10-19-20-14-17(24)9-11-21(20)25-23(19)16-6-3-2-4-7-16/h2-4,6-7,9,11,14,18,25H,5,8,10,12-13,15H2,1H3. The van der Waals surface area contributed by atoms with E-state index in [9.17, 15) is 9.18 Å². The van der Waals surface area contributed by atoms with Crippen LogP contribution in [0.3, 0.4) is 0 Å². The summed E-state index contributed by atoms with van der Waals surface area (Å²) < 4.78 is 19.5. The van der Waals surface area contributed by atoms with Gasteiger partial charge in [-0.2, -0.15) is 0 Å². The molecule has 0 aliphatic carbocycles. The first-order valence-electron chi connectivity index (χ1n) is 9.83. The smallest absolute Gasteiger partial charge is 0.222 e. The Morgan fingerprint density at radius 2 is 2.07 bits per heavy atom. The molecular formula is C23H25FN2O2. The van der Waals surface area contributed by atoms with Crippen molar-refractivity contribution in [1.29, 1.82) is 0 Å². The zero-order valence-electron chi connectivity index (χ0n) is 16.1. The number of halogens is 1. The van der Waals surface area contributed by atoms with Gasteiger partial charge in [0.05, 0.1) is 6.10 Å². The number of H-pyrrole nitrogens is 1. The van der Waals surface area contributed by atoms with Gasteiger partial charge in [0.25, 0.3) is 0 Å². The summed E-state index contributed by atoms with van der Waals surface area (Å²) in [4.78, 5) is 17.8. The number of amides is 1. The van der Waals surface area contributed by atoms with E-state index in [1.165, 1.54) is 6.07 Å². The fourth-order valence-electron chi connectivity index (χ4n) is 3.95. The molecule has 4 rings (SSSR count). The zero-order valence-corrected chi connectivity index (χ0v) is 16.1. The summed E-state index contributed by atoms with van der Waals surface area (Å²) in [5.74, 6) is -0.186. The average molecular weight is 380 g/mol. The Labute approximate surface area is 164 Å². The second-order valence-corrected chi connectivity index (χ2v) is 7.44. The number of hydrogen-bond donors (Lipinski definition) is 1. The number of benzene rings is 2. The predicted molar refractivity (Wildman–Crippen MR) is 109 cm³/mol. The van der Waals surface area contributed by atoms with Crippen LogP contribution in [0.2, 0.25) is 0 Å². The van der Waals surface area contributed by atoms with Crippen molar-refractivity contribution >= 4 is 16.8 Å². The van der Waals surface area contributed by atoms with Crippen molar-refractivity contribution in [1.82, 2.24) is 9.88 Å². The first-order valence-corrected chi connectivity index (χ1v) is 9.83. The molecular weight excluding hydrogens is 355 g/mol. The number of carbonyl (C=O) groups is 1. The molecule has 28 heavy (non-hydrogen) atoms. The quantitative estimate of drug-likeness (QED) is 0.682. The third-order valence-electron chi connectivity index (χ3n) is 5.45. The van der Waals surface area contributed by atoms with Crippen molar-refractivity contribution < 1.29 is 13.9 Å². The SMILES string of the molecule is CN(CC1CCCO1)C(=O)CCc1c(-c2ccccc2)[nH]c2ccc(F)cc12. The number of nitrogens with one attached hydrogen (secondary N) is 1. The van der Waals surface area contributed by atoms with Gasteiger partial charge in [0.2, 0.25) is 5.91 Å². The average Bonchev–Trinajstić information content (AvgIpc) is 3.34. The van der Waals surface area contributed by atoms with E-state index in [0.29, 0.717) is 19.4 Å². The number of ether oxygens (including phenoxy) is 1. The molecule has 1 saturated heterocycles. The molecule has 0 spiro atoms. The number of aryl methyl sites for hydroxylation is 1. The lowest BCUT2D eigenvalue weighted by molar-refractivity contribution is -0.131. The summed E-state index contributed by atoms with van der Waals surface area (Å²) in [6, 6.07) is 14.7. The molecule has 2 aromatic carbocycles. The van der Waals surface area contributed by atoms with Crippen molar-refractivity contribution in [2.75, 3.05) is 20.2 Å². The van der Waals surface area contributed by atoms with Crippen LogP contribution in [-0.2, 0) is 16.0 Å². The number of fused-ring (bicyclic) bond motifs is 1. The molecule has 1 aliphatic rings. The maximum atomic E-state index is 13.9. The van der Waals surface area contributed by atoms with Gasteiger partial charge in [-0.25, -0.2) is 4.39 Å². The molecule has 4 nitrogen and oxygen atoms in total. The maximum Gasteiger partial charge on any atom is 0.222 e. The Balaban J connectivity index is 1.56. The van der Waals surface area contributed by atoms with Crippen LogP contribution in [0.25, 0.3) is 22.2 Å². The molecule has 5 heteroatoms. The van der Waals surface area contributed by atoms with Crippen LogP contribution in [0.1, 0.15) is 24.8 Å². The number of carbonyl (C=O) groups excluding carboxylic acids is 1. The lowest BCUT2D eigenvalue weighted by Gasteiger charge is -2.21. The lowest BCUT2D eigenvalue weighted by atomic mass is 10.0. The molecule has 1 fully saturated rings. The number of aromatic nitrogens is 1. The van der Waals surface area contributed by atoms with E-state index in [2.05, 4.69) is 4.98 Å². The van der Waals surface area contributed by atoms with E-state index in [0.717, 1.165) is 47.2 Å². The summed E-state index contributed by atoms with van der Waals surface area (Å²) in [7, 11) is 1.83. The van der Waals surface area contributed by atoms with E-state index in [1.54, 1.807) is 17.0 Å². The molecule has 1 unspecified atom stereocenters. The summed E-state index contributed by atoms with van der Waals surface area (Å²) >= 11 is 0. The zero-order chi connectivity index (χ0) is 19.5. The lowest BCUT2D eigenvalue weighted by Crippen LogP contribution is -2.34. The fraction of sp³-hybridized carbons (Fsp3) is 0.348. The topological polar surface area (TPSA) is 45.3 Å². The molecule has 1 amide bonds. The molecule has 1 atom stereocenters. The van der Waals surface area contributed by atoms with Crippen molar-refractivity contribution in [3.63, 3.8) is 0 Å². The number of nitrogens with zero attached hydrogens (tertiary/aromatic N) is 1. The van der Waals surface area contributed by atoms with Crippen molar-refractivity contribution in [2.24, 2.45) is 0 Å². The van der Waals surface area contributed by atoms with Crippen LogP contribution in [0, 0.1) is 5.82 Å². The minimum atomic E-state index is -0.269. The number of likely N-dealkylation sites (N-methyl/N-ethyl adjacent to an activating group) is 1. The van der Waals surface area contributed by atoms with Crippen LogP contribution in [-0.4, -0.2) is 42.1 Å². The van der Waals surface area contributed by atoms with Crippen molar-refractivity contribution in [2.45, 2.75) is 31.8 Å². The van der Waals surface area contributed by atoms with Gasteiger partial charge in [-0.3, -0.25) is 4.79 Å². The highest BCUT2D eigenvalue weighted by Gasteiger charge is 2.21. The number of hydrogen-bond acceptors (Lipinski definition) is 2. The molecule has 1 aromatic heterocycles. The van der Waals surface area contributed by atoms with Gasteiger partial charge < -0.3 is 14.6 Å². The van der Waals surface area contributed by atoms with Crippen LogP contribution in [0.5, 0.6) is 0 Å². The van der Waals surface area contributed by atoms with E-state index in [4.69, 9.17) is 4.74 Å². The summed E-state index contributed by atoms with van der Waals surface area (Å²) in [6.07, 6.45) is 3.16. The van der Waals surface area contributed by atoms with Crippen LogP contribution < -0.4 is 0 Å². The molecule has 0 radical (unpaired) electrons. The van der Waals surface area contributed by atoms with E-state index >= 15 is 0 Å². The summed E-state index contributed by atoms with van der Waals surface area (Å²) in [6.45, 7) is 1.42. The maximum absolute atomic E-state index is 13.9. The summed E-state index contributed by atoms with van der Waals surface area (Å²) in [5, 5.41) is 0.841.